The summed E-state index contributed by atoms with van der Waals surface area (Å²) in [6, 6.07) is 7.13. The molecule has 3 N–H and O–H groups in total. The molecule has 0 bridgehead atoms. The average molecular weight is 415 g/mol. The minimum absolute atomic E-state index is 0.0787. The lowest BCUT2D eigenvalue weighted by molar-refractivity contribution is -0.384. The number of halogens is 4. The van der Waals surface area contributed by atoms with Crippen molar-refractivity contribution < 1.29 is 32.4 Å². The van der Waals surface area contributed by atoms with Crippen LogP contribution in [0.3, 0.4) is 0 Å². The molecule has 7 nitrogen and oxygen atoms in total. The van der Waals surface area contributed by atoms with Gasteiger partial charge in [-0.15, -0.1) is 0 Å². The molecule has 156 valence electrons. The molecule has 0 aliphatic carbocycles. The van der Waals surface area contributed by atoms with E-state index < -0.39 is 40.2 Å². The van der Waals surface area contributed by atoms with Crippen molar-refractivity contribution in [3.8, 4) is 0 Å². The van der Waals surface area contributed by atoms with Crippen LogP contribution in [0.15, 0.2) is 42.5 Å². The van der Waals surface area contributed by atoms with Crippen molar-refractivity contribution in [2.24, 2.45) is 0 Å². The fourth-order valence-corrected chi connectivity index (χ4v) is 2.42. The van der Waals surface area contributed by atoms with Crippen molar-refractivity contribution in [1.82, 2.24) is 5.32 Å². The van der Waals surface area contributed by atoms with Crippen LogP contribution in [0.4, 0.5) is 28.9 Å². The second-order valence-electron chi connectivity index (χ2n) is 6.03. The van der Waals surface area contributed by atoms with Crippen LogP contribution in [0.2, 0.25) is 0 Å². The lowest BCUT2D eigenvalue weighted by Crippen LogP contribution is -2.29. The standard InChI is InChI=1S/C18H17F4N3O4/c19-13-4-1-11(2-5-13)16(26)10-24-17(27)7-8-23-14-6-3-12(18(20,21)22)9-15(14)25(28)29/h1-6,9,16,23,26H,7-8,10H2,(H,24,27). The van der Waals surface area contributed by atoms with Crippen molar-refractivity contribution in [2.45, 2.75) is 18.7 Å². The molecular formula is C18H17F4N3O4. The minimum atomic E-state index is -4.71. The quantitative estimate of drug-likeness (QED) is 0.348. The number of nitrogens with zero attached hydrogens (tertiary/aromatic N) is 1. The molecule has 0 saturated heterocycles. The molecule has 29 heavy (non-hydrogen) atoms. The third-order valence-electron chi connectivity index (χ3n) is 3.94. The van der Waals surface area contributed by atoms with Crippen LogP contribution >= 0.6 is 0 Å². The summed E-state index contributed by atoms with van der Waals surface area (Å²) in [5.41, 5.74) is -1.65. The van der Waals surface area contributed by atoms with E-state index in [9.17, 15) is 37.6 Å². The number of benzene rings is 2. The van der Waals surface area contributed by atoms with E-state index in [0.29, 0.717) is 17.7 Å². The van der Waals surface area contributed by atoms with E-state index in [0.717, 1.165) is 6.07 Å². The highest BCUT2D eigenvalue weighted by Crippen LogP contribution is 2.34. The predicted octanol–water partition coefficient (Wildman–Crippen LogP) is 3.40. The monoisotopic (exact) mass is 415 g/mol. The van der Waals surface area contributed by atoms with Gasteiger partial charge in [-0.3, -0.25) is 14.9 Å². The van der Waals surface area contributed by atoms with E-state index in [1.807, 2.05) is 0 Å². The highest BCUT2D eigenvalue weighted by Gasteiger charge is 2.33. The van der Waals surface area contributed by atoms with Gasteiger partial charge in [0.15, 0.2) is 0 Å². The van der Waals surface area contributed by atoms with Crippen LogP contribution in [-0.2, 0) is 11.0 Å². The number of nitro benzene ring substituents is 1. The van der Waals surface area contributed by atoms with E-state index >= 15 is 0 Å². The van der Waals surface area contributed by atoms with E-state index in [1.54, 1.807) is 0 Å². The summed E-state index contributed by atoms with van der Waals surface area (Å²) >= 11 is 0. The van der Waals surface area contributed by atoms with Crippen molar-refractivity contribution in [2.75, 3.05) is 18.4 Å². The third-order valence-corrected chi connectivity index (χ3v) is 3.94. The minimum Gasteiger partial charge on any atom is -0.387 e. The zero-order valence-corrected chi connectivity index (χ0v) is 14.9. The maximum absolute atomic E-state index is 12.8. The molecule has 2 rings (SSSR count). The topological polar surface area (TPSA) is 104 Å². The lowest BCUT2D eigenvalue weighted by atomic mass is 10.1. The molecule has 2 aromatic carbocycles. The Balaban J connectivity index is 1.86. The molecule has 0 aliphatic heterocycles. The molecule has 0 aromatic heterocycles. The number of aliphatic hydroxyl groups is 1. The molecule has 0 spiro atoms. The number of rotatable bonds is 8. The molecule has 11 heteroatoms. The number of nitrogens with one attached hydrogen (secondary N) is 2. The SMILES string of the molecule is O=C(CCNc1ccc(C(F)(F)F)cc1[N+](=O)[O-])NCC(O)c1ccc(F)cc1. The van der Waals surface area contributed by atoms with Gasteiger partial charge >= 0.3 is 6.18 Å². The highest BCUT2D eigenvalue weighted by atomic mass is 19.4. The van der Waals surface area contributed by atoms with Gasteiger partial charge in [-0.25, -0.2) is 4.39 Å². The lowest BCUT2D eigenvalue weighted by Gasteiger charge is -2.13. The normalized spacial score (nSPS) is 12.3. The Kier molecular flexibility index (Phi) is 7.10. The number of alkyl halides is 3. The van der Waals surface area contributed by atoms with Gasteiger partial charge in [0.1, 0.15) is 11.5 Å². The molecule has 0 saturated carbocycles. The maximum Gasteiger partial charge on any atom is 0.416 e. The number of carbonyl (C=O) groups is 1. The Morgan fingerprint density at radius 1 is 1.17 bits per heavy atom. The van der Waals surface area contributed by atoms with Crippen LogP contribution in [0, 0.1) is 15.9 Å². The van der Waals surface area contributed by atoms with Crippen molar-refractivity contribution >= 4 is 17.3 Å². The molecule has 1 amide bonds. The summed E-state index contributed by atoms with van der Waals surface area (Å²) in [5, 5.41) is 25.9. The van der Waals surface area contributed by atoms with Crippen molar-refractivity contribution in [3.05, 3.63) is 69.5 Å². The van der Waals surface area contributed by atoms with Gasteiger partial charge in [-0.05, 0) is 29.8 Å². The second kappa shape index (κ2) is 9.32. The Morgan fingerprint density at radius 2 is 1.83 bits per heavy atom. The molecule has 1 unspecified atom stereocenters. The number of carbonyl (C=O) groups excluding carboxylic acids is 1. The maximum atomic E-state index is 12.8. The van der Waals surface area contributed by atoms with Gasteiger partial charge < -0.3 is 15.7 Å². The first-order valence-electron chi connectivity index (χ1n) is 8.37. The summed E-state index contributed by atoms with van der Waals surface area (Å²) in [4.78, 5) is 21.9. The van der Waals surface area contributed by atoms with Crippen LogP contribution in [0.25, 0.3) is 0 Å². The zero-order valence-electron chi connectivity index (χ0n) is 14.9. The van der Waals surface area contributed by atoms with Crippen molar-refractivity contribution in [1.29, 1.82) is 0 Å². The first-order valence-corrected chi connectivity index (χ1v) is 8.37. The van der Waals surface area contributed by atoms with Crippen LogP contribution in [0.1, 0.15) is 23.7 Å². The summed E-state index contributed by atoms with van der Waals surface area (Å²) in [7, 11) is 0. The first-order chi connectivity index (χ1) is 13.6. The van der Waals surface area contributed by atoms with Gasteiger partial charge in [-0.2, -0.15) is 13.2 Å². The van der Waals surface area contributed by atoms with Gasteiger partial charge in [0, 0.05) is 25.6 Å². The van der Waals surface area contributed by atoms with Gasteiger partial charge in [0.25, 0.3) is 5.69 Å². The summed E-state index contributed by atoms with van der Waals surface area (Å²) in [6.07, 6.45) is -5.91. The summed E-state index contributed by atoms with van der Waals surface area (Å²) in [5.74, 6) is -0.957. The Labute approximate surface area is 162 Å². The van der Waals surface area contributed by atoms with Crippen molar-refractivity contribution in [3.63, 3.8) is 0 Å². The van der Waals surface area contributed by atoms with Crippen LogP contribution in [0.5, 0.6) is 0 Å². The van der Waals surface area contributed by atoms with Crippen LogP contribution < -0.4 is 10.6 Å². The summed E-state index contributed by atoms with van der Waals surface area (Å²) in [6.45, 7) is -0.213. The average Bonchev–Trinajstić information content (AvgIpc) is 2.65. The molecule has 1 atom stereocenters. The van der Waals surface area contributed by atoms with Gasteiger partial charge in [0.05, 0.1) is 16.6 Å². The summed E-state index contributed by atoms with van der Waals surface area (Å²) < 4.78 is 50.9. The molecule has 0 heterocycles. The van der Waals surface area contributed by atoms with E-state index in [4.69, 9.17) is 0 Å². The Morgan fingerprint density at radius 3 is 2.41 bits per heavy atom. The number of anilines is 1. The van der Waals surface area contributed by atoms with E-state index in [2.05, 4.69) is 10.6 Å². The number of hydrogen-bond donors (Lipinski definition) is 3. The largest absolute Gasteiger partial charge is 0.416 e. The van der Waals surface area contributed by atoms with E-state index in [-0.39, 0.29) is 25.2 Å². The smallest absolute Gasteiger partial charge is 0.387 e. The number of aliphatic hydroxyl groups excluding tert-OH is 1. The molecular weight excluding hydrogens is 398 g/mol. The van der Waals surface area contributed by atoms with Gasteiger partial charge in [-0.1, -0.05) is 12.1 Å². The molecule has 2 aromatic rings. The van der Waals surface area contributed by atoms with Crippen LogP contribution in [-0.4, -0.2) is 29.0 Å². The number of amides is 1. The third kappa shape index (κ3) is 6.42. The zero-order chi connectivity index (χ0) is 21.6. The second-order valence-corrected chi connectivity index (χ2v) is 6.03. The highest BCUT2D eigenvalue weighted by molar-refractivity contribution is 5.76. The molecule has 0 aliphatic rings. The first kappa shape index (κ1) is 22.1. The Bertz CT molecular complexity index is 872. The fourth-order valence-electron chi connectivity index (χ4n) is 2.42. The number of nitro groups is 1. The van der Waals surface area contributed by atoms with E-state index in [1.165, 1.54) is 24.3 Å². The molecule has 0 fully saturated rings. The number of hydrogen-bond acceptors (Lipinski definition) is 5. The molecule has 0 radical (unpaired) electrons. The predicted molar refractivity (Wildman–Crippen MR) is 95.6 cm³/mol. The Hall–Kier alpha value is -3.21. The fraction of sp³-hybridized carbons (Fsp3) is 0.278. The van der Waals surface area contributed by atoms with Gasteiger partial charge in [0.2, 0.25) is 5.91 Å².